The van der Waals surface area contributed by atoms with Crippen LogP contribution in [0.5, 0.6) is 0 Å². The molecule has 0 aliphatic carbocycles. The van der Waals surface area contributed by atoms with Gasteiger partial charge in [0.1, 0.15) is 5.82 Å². The van der Waals surface area contributed by atoms with Crippen molar-refractivity contribution >= 4 is 27.7 Å². The Kier molecular flexibility index (Phi) is 5.85. The number of halogens is 1. The van der Waals surface area contributed by atoms with E-state index in [1.54, 1.807) is 0 Å². The van der Waals surface area contributed by atoms with Gasteiger partial charge in [0.25, 0.3) is 0 Å². The third-order valence-electron chi connectivity index (χ3n) is 2.42. The van der Waals surface area contributed by atoms with Gasteiger partial charge in [0.15, 0.2) is 0 Å². The molecule has 1 rings (SSSR count). The molecule has 0 atom stereocenters. The molecule has 0 amide bonds. The Labute approximate surface area is 118 Å². The van der Waals surface area contributed by atoms with Gasteiger partial charge in [-0.3, -0.25) is 0 Å². The van der Waals surface area contributed by atoms with Gasteiger partial charge in [0.05, 0.1) is 4.47 Å². The first-order chi connectivity index (χ1) is 8.43. The lowest BCUT2D eigenvalue weighted by molar-refractivity contribution is 0.548. The summed E-state index contributed by atoms with van der Waals surface area (Å²) in [6.07, 6.45) is 1.81. The minimum Gasteiger partial charge on any atom is -0.357 e. The lowest BCUT2D eigenvalue weighted by atomic mass is 10.1. The van der Waals surface area contributed by atoms with E-state index in [4.69, 9.17) is 0 Å². The molecule has 5 heteroatoms. The maximum Gasteiger partial charge on any atom is 0.224 e. The highest BCUT2D eigenvalue weighted by molar-refractivity contribution is 9.10. The average Bonchev–Trinajstić information content (AvgIpc) is 2.27. The smallest absolute Gasteiger partial charge is 0.224 e. The van der Waals surface area contributed by atoms with Gasteiger partial charge in [-0.05, 0) is 27.8 Å². The van der Waals surface area contributed by atoms with Crippen LogP contribution in [0, 0.1) is 11.8 Å². The second-order valence-electron chi connectivity index (χ2n) is 5.31. The van der Waals surface area contributed by atoms with Gasteiger partial charge >= 0.3 is 0 Å². The van der Waals surface area contributed by atoms with Gasteiger partial charge in [-0.1, -0.05) is 27.7 Å². The zero-order chi connectivity index (χ0) is 13.7. The Morgan fingerprint density at radius 3 is 2.22 bits per heavy atom. The van der Waals surface area contributed by atoms with Gasteiger partial charge in [0.2, 0.25) is 5.95 Å². The third kappa shape index (κ3) is 4.44. The van der Waals surface area contributed by atoms with Gasteiger partial charge < -0.3 is 10.2 Å². The molecule has 18 heavy (non-hydrogen) atoms. The molecule has 0 unspecified atom stereocenters. The molecule has 1 aromatic heterocycles. The van der Waals surface area contributed by atoms with Crippen LogP contribution in [0.4, 0.5) is 11.8 Å². The van der Waals surface area contributed by atoms with Crippen LogP contribution in [0.1, 0.15) is 27.7 Å². The largest absolute Gasteiger partial charge is 0.357 e. The first kappa shape index (κ1) is 15.2. The van der Waals surface area contributed by atoms with Crippen molar-refractivity contribution in [2.75, 3.05) is 30.4 Å². The normalized spacial score (nSPS) is 11.1. The monoisotopic (exact) mass is 314 g/mol. The van der Waals surface area contributed by atoms with E-state index in [0.29, 0.717) is 17.8 Å². The van der Waals surface area contributed by atoms with Crippen molar-refractivity contribution in [2.45, 2.75) is 27.7 Å². The summed E-state index contributed by atoms with van der Waals surface area (Å²) in [5, 5.41) is 2.99. The Balaban J connectivity index is 3.02. The highest BCUT2D eigenvalue weighted by Gasteiger charge is 2.15. The number of hydrogen-bond acceptors (Lipinski definition) is 4. The summed E-state index contributed by atoms with van der Waals surface area (Å²) in [5.41, 5.74) is 0. The summed E-state index contributed by atoms with van der Waals surface area (Å²) in [5.74, 6) is 2.83. The molecule has 1 aromatic rings. The predicted octanol–water partition coefficient (Wildman–Crippen LogP) is 3.40. The van der Waals surface area contributed by atoms with Crippen LogP contribution in [0.25, 0.3) is 0 Å². The maximum absolute atomic E-state index is 4.55. The highest BCUT2D eigenvalue weighted by atomic mass is 79.9. The van der Waals surface area contributed by atoms with Crippen molar-refractivity contribution in [3.05, 3.63) is 10.7 Å². The zero-order valence-corrected chi connectivity index (χ0v) is 13.5. The molecule has 0 spiro atoms. The molecule has 102 valence electrons. The Bertz CT molecular complexity index is 369. The van der Waals surface area contributed by atoms with E-state index in [0.717, 1.165) is 23.4 Å². The van der Waals surface area contributed by atoms with Crippen LogP contribution in [-0.2, 0) is 0 Å². The predicted molar refractivity (Wildman–Crippen MR) is 81.2 cm³/mol. The topological polar surface area (TPSA) is 41.1 Å². The first-order valence-corrected chi connectivity index (χ1v) is 7.18. The molecule has 1 heterocycles. The lowest BCUT2D eigenvalue weighted by Crippen LogP contribution is -2.32. The van der Waals surface area contributed by atoms with Crippen molar-refractivity contribution in [2.24, 2.45) is 11.8 Å². The average molecular weight is 315 g/mol. The fourth-order valence-electron chi connectivity index (χ4n) is 1.83. The second kappa shape index (κ2) is 6.92. The van der Waals surface area contributed by atoms with Crippen molar-refractivity contribution in [3.8, 4) is 0 Å². The number of nitrogens with zero attached hydrogens (tertiary/aromatic N) is 3. The minimum atomic E-state index is 0.601. The Morgan fingerprint density at radius 2 is 1.78 bits per heavy atom. The highest BCUT2D eigenvalue weighted by Crippen LogP contribution is 2.25. The quantitative estimate of drug-likeness (QED) is 0.873. The molecule has 0 aromatic carbocycles. The summed E-state index contributed by atoms with van der Waals surface area (Å²) in [6.45, 7) is 10.9. The zero-order valence-electron chi connectivity index (χ0n) is 11.9. The van der Waals surface area contributed by atoms with Crippen LogP contribution in [0.15, 0.2) is 10.7 Å². The molecule has 4 nitrogen and oxygen atoms in total. The van der Waals surface area contributed by atoms with E-state index in [2.05, 4.69) is 63.8 Å². The van der Waals surface area contributed by atoms with E-state index in [-0.39, 0.29) is 0 Å². The van der Waals surface area contributed by atoms with Crippen LogP contribution in [-0.4, -0.2) is 30.1 Å². The number of hydrogen-bond donors (Lipinski definition) is 1. The molecule has 0 aliphatic rings. The second-order valence-corrected chi connectivity index (χ2v) is 6.16. The number of anilines is 2. The van der Waals surface area contributed by atoms with Gasteiger partial charge in [-0.15, -0.1) is 0 Å². The van der Waals surface area contributed by atoms with E-state index in [1.807, 2.05) is 13.2 Å². The fraction of sp³-hybridized carbons (Fsp3) is 0.692. The van der Waals surface area contributed by atoms with E-state index < -0.39 is 0 Å². The van der Waals surface area contributed by atoms with Crippen molar-refractivity contribution in [1.82, 2.24) is 9.97 Å². The maximum atomic E-state index is 4.55. The standard InChI is InChI=1S/C13H23BrN4/c1-9(2)7-18(8-10(3)4)12-11(14)6-16-13(15-5)17-12/h6,9-10H,7-8H2,1-5H3,(H,15,16,17). The molecule has 1 N–H and O–H groups in total. The van der Waals surface area contributed by atoms with Crippen molar-refractivity contribution in [1.29, 1.82) is 0 Å². The van der Waals surface area contributed by atoms with Gasteiger partial charge in [0, 0.05) is 26.3 Å². The fourth-order valence-corrected chi connectivity index (χ4v) is 2.27. The van der Waals surface area contributed by atoms with Crippen molar-refractivity contribution in [3.63, 3.8) is 0 Å². The van der Waals surface area contributed by atoms with Crippen LogP contribution >= 0.6 is 15.9 Å². The Morgan fingerprint density at radius 1 is 1.22 bits per heavy atom. The summed E-state index contributed by atoms with van der Waals surface area (Å²) < 4.78 is 0.947. The van der Waals surface area contributed by atoms with Crippen LogP contribution in [0.3, 0.4) is 0 Å². The number of aromatic nitrogens is 2. The van der Waals surface area contributed by atoms with E-state index >= 15 is 0 Å². The molecule has 0 aliphatic heterocycles. The van der Waals surface area contributed by atoms with E-state index in [1.165, 1.54) is 0 Å². The SMILES string of the molecule is CNc1ncc(Br)c(N(CC(C)C)CC(C)C)n1. The lowest BCUT2D eigenvalue weighted by Gasteiger charge is -2.28. The Hall–Kier alpha value is -0.840. The van der Waals surface area contributed by atoms with Gasteiger partial charge in [-0.25, -0.2) is 4.98 Å². The summed E-state index contributed by atoms with van der Waals surface area (Å²) in [6, 6.07) is 0. The molecular formula is C13H23BrN4. The summed E-state index contributed by atoms with van der Waals surface area (Å²) in [4.78, 5) is 11.1. The van der Waals surface area contributed by atoms with Crippen molar-refractivity contribution < 1.29 is 0 Å². The molecule has 0 fully saturated rings. The van der Waals surface area contributed by atoms with E-state index in [9.17, 15) is 0 Å². The summed E-state index contributed by atoms with van der Waals surface area (Å²) in [7, 11) is 1.84. The molecule has 0 bridgehead atoms. The van der Waals surface area contributed by atoms with Gasteiger partial charge in [-0.2, -0.15) is 4.98 Å². The third-order valence-corrected chi connectivity index (χ3v) is 2.98. The molecular weight excluding hydrogens is 292 g/mol. The van der Waals surface area contributed by atoms with Crippen LogP contribution in [0.2, 0.25) is 0 Å². The van der Waals surface area contributed by atoms with Crippen LogP contribution < -0.4 is 10.2 Å². The number of nitrogens with one attached hydrogen (secondary N) is 1. The molecule has 0 radical (unpaired) electrons. The minimum absolute atomic E-state index is 0.601. The summed E-state index contributed by atoms with van der Waals surface area (Å²) >= 11 is 3.55. The molecule has 0 saturated carbocycles. The first-order valence-electron chi connectivity index (χ1n) is 6.39. The number of rotatable bonds is 6. The molecule has 0 saturated heterocycles.